The number of carbonyl (C=O) groups is 2. The monoisotopic (exact) mass is 616 g/mol. The molecule has 0 fully saturated rings. The van der Waals surface area contributed by atoms with Crippen LogP contribution >= 0.6 is 12.4 Å². The van der Waals surface area contributed by atoms with Crippen molar-refractivity contribution in [2.24, 2.45) is 10.7 Å². The van der Waals surface area contributed by atoms with E-state index in [-0.39, 0.29) is 30.4 Å². The summed E-state index contributed by atoms with van der Waals surface area (Å²) in [6.07, 6.45) is 11.5. The van der Waals surface area contributed by atoms with E-state index in [9.17, 15) is 19.7 Å². The highest BCUT2D eigenvalue weighted by Gasteiger charge is 2.49. The number of hydrogen-bond donors (Lipinski definition) is 3. The number of benzene rings is 1. The van der Waals surface area contributed by atoms with Crippen molar-refractivity contribution in [3.63, 3.8) is 0 Å². The topological polar surface area (TPSA) is 177 Å². The van der Waals surface area contributed by atoms with Crippen LogP contribution in [0.4, 0.5) is 5.69 Å². The summed E-state index contributed by atoms with van der Waals surface area (Å²) in [5.41, 5.74) is 11.3. The molecule has 2 aromatic rings. The van der Waals surface area contributed by atoms with E-state index in [1.165, 1.54) is 19.2 Å². The number of aryl methyl sites for hydroxylation is 1. The lowest BCUT2D eigenvalue weighted by Gasteiger charge is -2.13. The lowest BCUT2D eigenvalue weighted by molar-refractivity contribution is -0.384. The van der Waals surface area contributed by atoms with Crippen LogP contribution in [0.15, 0.2) is 64.4 Å². The molecule has 12 nitrogen and oxygen atoms in total. The zero-order valence-electron chi connectivity index (χ0n) is 24.9. The number of nitro benzene ring substituents is 1. The number of carboxylic acids is 1. The van der Waals surface area contributed by atoms with E-state index in [4.69, 9.17) is 15.6 Å². The van der Waals surface area contributed by atoms with E-state index >= 15 is 0 Å². The number of hydrogen-bond acceptors (Lipinski definition) is 8. The predicted molar refractivity (Wildman–Crippen MR) is 166 cm³/mol. The third kappa shape index (κ3) is 9.95. The Bertz CT molecular complexity index is 1350. The van der Waals surface area contributed by atoms with Gasteiger partial charge in [0.2, 0.25) is 0 Å². The highest BCUT2D eigenvalue weighted by Crippen LogP contribution is 2.56. The van der Waals surface area contributed by atoms with Gasteiger partial charge in [0.15, 0.2) is 0 Å². The number of ether oxygens (including phenoxy) is 1. The summed E-state index contributed by atoms with van der Waals surface area (Å²) in [5.74, 6) is -0.652. The van der Waals surface area contributed by atoms with Crippen molar-refractivity contribution in [2.45, 2.75) is 77.6 Å². The van der Waals surface area contributed by atoms with Gasteiger partial charge in [0.1, 0.15) is 0 Å². The van der Waals surface area contributed by atoms with E-state index in [0.717, 1.165) is 92.1 Å². The molecule has 0 radical (unpaired) electrons. The van der Waals surface area contributed by atoms with Gasteiger partial charge in [-0.25, -0.2) is 9.78 Å². The number of H-pyrrole nitrogens is 1. The maximum Gasteiger partial charge on any atom is 0.336 e. The molecular weight excluding hydrogens is 576 g/mol. The quantitative estimate of drug-likeness (QED) is 0.0572. The van der Waals surface area contributed by atoms with Crippen LogP contribution < -0.4 is 5.73 Å². The number of nitro groups is 1. The molecule has 0 saturated carbocycles. The van der Waals surface area contributed by atoms with Gasteiger partial charge in [-0.2, -0.15) is 0 Å². The molecule has 2 aliphatic rings. The van der Waals surface area contributed by atoms with Crippen molar-refractivity contribution < 1.29 is 24.4 Å². The highest BCUT2D eigenvalue weighted by atomic mass is 35.5. The van der Waals surface area contributed by atoms with Crippen molar-refractivity contribution in [3.8, 4) is 0 Å². The smallest absolute Gasteiger partial charge is 0.336 e. The Morgan fingerprint density at radius 3 is 2.47 bits per heavy atom. The Kier molecular flexibility index (Phi) is 13.9. The summed E-state index contributed by atoms with van der Waals surface area (Å²) in [6.45, 7) is 4.58. The normalized spacial score (nSPS) is 15.4. The molecule has 0 spiro atoms. The average Bonchev–Trinajstić information content (AvgIpc) is 3.27. The number of imidazole rings is 1. The molecule has 3 heterocycles. The number of nitrogens with one attached hydrogen (secondary N) is 1. The van der Waals surface area contributed by atoms with Crippen molar-refractivity contribution >= 4 is 35.9 Å². The molecule has 43 heavy (non-hydrogen) atoms. The van der Waals surface area contributed by atoms with Crippen LogP contribution in [0.1, 0.15) is 82.4 Å². The number of methoxy groups -OCH3 is 1. The number of halogens is 1. The standard InChI is InChI=1S/C15H26N4O2.C15H14N2O4.ClH/c16-14(8-4-2-1-3-5-9-15(20)21)18-10-6-7-13-11-17-12-19-13;1-8-12(15(18)21-3)13(14-9(2)16(8)14)10-5-4-6-11(7-10)17(19)20;/h11-12H,1-10H2,(H2,16,18)(H,17,19)(H,20,21);4-7,13H,1-3H3;1H. The predicted octanol–water partition coefficient (Wildman–Crippen LogP) is 5.62. The fraction of sp³-hybridized carbons (Fsp3) is 0.467. The minimum absolute atomic E-state index is 0. The number of non-ortho nitro benzene ring substituents is 1. The molecule has 0 saturated heterocycles. The van der Waals surface area contributed by atoms with Gasteiger partial charge in [0.25, 0.3) is 5.69 Å². The minimum atomic E-state index is -0.707. The first-order chi connectivity index (χ1) is 20.1. The number of amidine groups is 1. The van der Waals surface area contributed by atoms with Crippen molar-refractivity contribution in [1.29, 1.82) is 0 Å². The van der Waals surface area contributed by atoms with Gasteiger partial charge in [0, 0.05) is 54.8 Å². The molecule has 1 aromatic carbocycles. The Hall–Kier alpha value is -4.19. The Balaban J connectivity index is 0.000000293. The van der Waals surface area contributed by atoms with E-state index < -0.39 is 16.9 Å². The summed E-state index contributed by atoms with van der Waals surface area (Å²) >= 11 is 0. The van der Waals surface area contributed by atoms with Crippen LogP contribution in [0.2, 0.25) is 0 Å². The third-order valence-corrected chi connectivity index (χ3v) is 7.30. The first-order valence-corrected chi connectivity index (χ1v) is 14.2. The largest absolute Gasteiger partial charge is 0.481 e. The summed E-state index contributed by atoms with van der Waals surface area (Å²) in [7, 11) is 1.34. The van der Waals surface area contributed by atoms with Gasteiger partial charge < -0.3 is 25.5 Å². The number of nitrogens with two attached hydrogens (primary N) is 1. The summed E-state index contributed by atoms with van der Waals surface area (Å²) in [5, 5.41) is 19.5. The van der Waals surface area contributed by atoms with E-state index in [0.29, 0.717) is 5.57 Å². The van der Waals surface area contributed by atoms with Gasteiger partial charge in [-0.3, -0.25) is 19.9 Å². The molecule has 0 bridgehead atoms. The number of fused-ring (bicyclic) bond motifs is 1. The maximum absolute atomic E-state index is 12.0. The summed E-state index contributed by atoms with van der Waals surface area (Å²) in [4.78, 5) is 46.3. The number of carboxylic acid groups (broad SMARTS) is 1. The number of esters is 1. The second kappa shape index (κ2) is 17.1. The number of aliphatic carboxylic acids is 1. The molecular formula is C30H41ClN6O6. The molecule has 1 aromatic heterocycles. The second-order valence-electron chi connectivity index (χ2n) is 10.3. The fourth-order valence-corrected chi connectivity index (χ4v) is 5.13. The number of aromatic nitrogens is 2. The van der Waals surface area contributed by atoms with Gasteiger partial charge in [-0.05, 0) is 45.1 Å². The Morgan fingerprint density at radius 1 is 1.14 bits per heavy atom. The number of allylic oxidation sites excluding steroid dienone is 3. The average molecular weight is 617 g/mol. The van der Waals surface area contributed by atoms with Gasteiger partial charge in [-0.15, -0.1) is 12.4 Å². The second-order valence-corrected chi connectivity index (χ2v) is 10.3. The maximum atomic E-state index is 12.0. The van der Waals surface area contributed by atoms with Gasteiger partial charge in [-0.1, -0.05) is 31.4 Å². The Morgan fingerprint density at radius 2 is 1.84 bits per heavy atom. The van der Waals surface area contributed by atoms with E-state index in [2.05, 4.69) is 15.0 Å². The summed E-state index contributed by atoms with van der Waals surface area (Å²) in [6, 6.07) is 6.40. The lowest BCUT2D eigenvalue weighted by atomic mass is 9.90. The van der Waals surface area contributed by atoms with Crippen LogP contribution in [-0.2, 0) is 20.7 Å². The highest BCUT2D eigenvalue weighted by molar-refractivity contribution is 5.94. The van der Waals surface area contributed by atoms with Crippen LogP contribution in [0.5, 0.6) is 0 Å². The minimum Gasteiger partial charge on any atom is -0.481 e. The molecule has 0 aliphatic carbocycles. The molecule has 13 heteroatoms. The fourth-order valence-electron chi connectivity index (χ4n) is 5.13. The third-order valence-electron chi connectivity index (χ3n) is 7.30. The SMILES string of the molecule is COC(=O)C1=C(C)N2C(C)=C2C1c1cccc([N+](=O)[O-])c1.Cl.NC(CCCCCCCC(=O)O)=NCCCc1cnc[nH]1. The van der Waals surface area contributed by atoms with Crippen LogP contribution in [0.25, 0.3) is 0 Å². The Labute approximate surface area is 257 Å². The van der Waals surface area contributed by atoms with Crippen LogP contribution in [0, 0.1) is 10.1 Å². The van der Waals surface area contributed by atoms with Crippen LogP contribution in [-0.4, -0.2) is 56.3 Å². The molecule has 0 amide bonds. The first-order valence-electron chi connectivity index (χ1n) is 14.2. The number of aromatic amines is 1. The van der Waals surface area contributed by atoms with Gasteiger partial charge in [0.05, 0.1) is 41.4 Å². The van der Waals surface area contributed by atoms with Gasteiger partial charge >= 0.3 is 11.9 Å². The number of nitrogens with zero attached hydrogens (tertiary/aromatic N) is 4. The van der Waals surface area contributed by atoms with E-state index in [1.807, 2.05) is 24.9 Å². The number of carbonyl (C=O) groups excluding carboxylic acids is 1. The molecule has 1 unspecified atom stereocenters. The van der Waals surface area contributed by atoms with E-state index in [1.54, 1.807) is 18.5 Å². The van der Waals surface area contributed by atoms with Crippen molar-refractivity contribution in [2.75, 3.05) is 13.7 Å². The molecule has 4 N–H and O–H groups in total. The molecule has 1 atom stereocenters. The molecule has 4 rings (SSSR count). The summed E-state index contributed by atoms with van der Waals surface area (Å²) < 4.78 is 4.86. The zero-order chi connectivity index (χ0) is 30.6. The number of aliphatic imine (C=N–C) groups is 1. The van der Waals surface area contributed by atoms with Crippen molar-refractivity contribution in [3.05, 3.63) is 80.8 Å². The first kappa shape index (κ1) is 35.0. The zero-order valence-corrected chi connectivity index (χ0v) is 25.7. The number of rotatable bonds is 15. The molecule has 2 aliphatic heterocycles. The van der Waals surface area contributed by atoms with Crippen LogP contribution in [0.3, 0.4) is 0 Å². The molecule has 234 valence electrons. The lowest BCUT2D eigenvalue weighted by Crippen LogP contribution is -2.12. The number of unbranched alkanes of at least 4 members (excludes halogenated alkanes) is 4. The van der Waals surface area contributed by atoms with Crippen molar-refractivity contribution in [1.82, 2.24) is 14.9 Å².